The van der Waals surface area contributed by atoms with Crippen molar-refractivity contribution in [1.29, 1.82) is 0 Å². The molecule has 0 spiro atoms. The van der Waals surface area contributed by atoms with Gasteiger partial charge in [0.15, 0.2) is 5.96 Å². The summed E-state index contributed by atoms with van der Waals surface area (Å²) in [7, 11) is 1.65. The Balaban J connectivity index is 2.25. The van der Waals surface area contributed by atoms with Gasteiger partial charge in [-0.15, -0.1) is 0 Å². The number of hydrogen-bond acceptors (Lipinski definition) is 4. The van der Waals surface area contributed by atoms with Crippen LogP contribution in [0.5, 0.6) is 0 Å². The number of hydrogen-bond donors (Lipinski definition) is 2. The van der Waals surface area contributed by atoms with Crippen LogP contribution in [0.25, 0.3) is 5.70 Å². The smallest absolute Gasteiger partial charge is 0.271 e. The monoisotopic (exact) mass is 339 g/mol. The second kappa shape index (κ2) is 8.58. The van der Waals surface area contributed by atoms with E-state index in [4.69, 9.17) is 0 Å². The number of rotatable bonds is 5. The second-order valence-corrected chi connectivity index (χ2v) is 5.22. The Morgan fingerprint density at radius 2 is 2.20 bits per heavy atom. The summed E-state index contributed by atoms with van der Waals surface area (Å²) in [6.45, 7) is 3.91. The van der Waals surface area contributed by atoms with E-state index in [0.29, 0.717) is 11.6 Å². The number of benzene rings is 1. The lowest BCUT2D eigenvalue weighted by Crippen LogP contribution is -2.30. The molecule has 0 fully saturated rings. The molecule has 130 valence electrons. The Hall–Kier alpha value is -3.22. The molecule has 0 aliphatic rings. The molecule has 1 aromatic heterocycles. The maximum absolute atomic E-state index is 11.0. The van der Waals surface area contributed by atoms with Gasteiger partial charge in [-0.3, -0.25) is 20.1 Å². The van der Waals surface area contributed by atoms with E-state index in [2.05, 4.69) is 20.6 Å². The van der Waals surface area contributed by atoms with Crippen LogP contribution in [0.15, 0.2) is 53.8 Å². The molecule has 0 amide bonds. The van der Waals surface area contributed by atoms with Crippen molar-refractivity contribution in [3.63, 3.8) is 0 Å². The first-order valence-corrected chi connectivity index (χ1v) is 7.93. The molecule has 0 unspecified atom stereocenters. The largest absolute Gasteiger partial charge is 0.326 e. The van der Waals surface area contributed by atoms with Crippen LogP contribution in [0.1, 0.15) is 25.0 Å². The molecule has 1 aromatic carbocycles. The summed E-state index contributed by atoms with van der Waals surface area (Å²) < 4.78 is 0. The summed E-state index contributed by atoms with van der Waals surface area (Å²) >= 11 is 0. The quantitative estimate of drug-likeness (QED) is 0.376. The third-order valence-electron chi connectivity index (χ3n) is 3.68. The average molecular weight is 339 g/mol. The summed E-state index contributed by atoms with van der Waals surface area (Å²) in [5, 5.41) is 17.4. The van der Waals surface area contributed by atoms with Gasteiger partial charge in [-0.2, -0.15) is 0 Å². The molecule has 7 heteroatoms. The zero-order chi connectivity index (χ0) is 18.2. The highest BCUT2D eigenvalue weighted by Gasteiger charge is 2.12. The fourth-order valence-corrected chi connectivity index (χ4v) is 2.33. The lowest BCUT2D eigenvalue weighted by molar-refractivity contribution is -0.384. The maximum Gasteiger partial charge on any atom is 0.271 e. The maximum atomic E-state index is 11.0. The summed E-state index contributed by atoms with van der Waals surface area (Å²) in [6, 6.07) is 8.57. The lowest BCUT2D eigenvalue weighted by atomic mass is 10.1. The third-order valence-corrected chi connectivity index (χ3v) is 3.68. The summed E-state index contributed by atoms with van der Waals surface area (Å²) in [6.07, 6.45) is 6.12. The van der Waals surface area contributed by atoms with Gasteiger partial charge in [-0.1, -0.05) is 19.1 Å². The predicted octanol–water partition coefficient (Wildman–Crippen LogP) is 3.60. The van der Waals surface area contributed by atoms with Gasteiger partial charge in [0.25, 0.3) is 5.69 Å². The minimum Gasteiger partial charge on any atom is -0.326 e. The molecule has 0 atom stereocenters. The fourth-order valence-electron chi connectivity index (χ4n) is 2.33. The first kappa shape index (κ1) is 18.1. The van der Waals surface area contributed by atoms with E-state index in [1.54, 1.807) is 25.5 Å². The molecule has 25 heavy (non-hydrogen) atoms. The Morgan fingerprint density at radius 3 is 2.76 bits per heavy atom. The van der Waals surface area contributed by atoms with Gasteiger partial charge in [-0.25, -0.2) is 0 Å². The van der Waals surface area contributed by atoms with Crippen LogP contribution in [-0.2, 0) is 6.42 Å². The molecule has 2 rings (SSSR count). The molecule has 0 saturated heterocycles. The number of anilines is 1. The zero-order valence-corrected chi connectivity index (χ0v) is 14.5. The van der Waals surface area contributed by atoms with Gasteiger partial charge < -0.3 is 10.6 Å². The first-order chi connectivity index (χ1) is 12.1. The van der Waals surface area contributed by atoms with Crippen LogP contribution in [-0.4, -0.2) is 22.9 Å². The SMILES string of the molecule is C/C=C(\NC(=NC)Nc1cc([N+](=O)[O-])ccc1CC)c1cccnc1. The van der Waals surface area contributed by atoms with Gasteiger partial charge >= 0.3 is 0 Å². The van der Waals surface area contributed by atoms with Crippen LogP contribution in [0.2, 0.25) is 0 Å². The first-order valence-electron chi connectivity index (χ1n) is 7.93. The molecule has 0 radical (unpaired) electrons. The van der Waals surface area contributed by atoms with Crippen LogP contribution < -0.4 is 10.6 Å². The van der Waals surface area contributed by atoms with Crippen LogP contribution in [0, 0.1) is 10.1 Å². The molecule has 2 N–H and O–H groups in total. The molecule has 0 aliphatic heterocycles. The summed E-state index contributed by atoms with van der Waals surface area (Å²) in [4.78, 5) is 18.9. The van der Waals surface area contributed by atoms with Gasteiger partial charge in [-0.05, 0) is 31.0 Å². The predicted molar refractivity (Wildman–Crippen MR) is 100 cm³/mol. The molecule has 0 saturated carbocycles. The van der Waals surface area contributed by atoms with Crippen molar-refractivity contribution in [2.24, 2.45) is 4.99 Å². The Morgan fingerprint density at radius 1 is 1.40 bits per heavy atom. The van der Waals surface area contributed by atoms with E-state index in [-0.39, 0.29) is 5.69 Å². The highest BCUT2D eigenvalue weighted by molar-refractivity contribution is 5.99. The van der Waals surface area contributed by atoms with Crippen molar-refractivity contribution < 1.29 is 4.92 Å². The van der Waals surface area contributed by atoms with Crippen molar-refractivity contribution >= 4 is 23.0 Å². The number of nitro groups is 1. The molecule has 2 aromatic rings. The van der Waals surface area contributed by atoms with Crippen LogP contribution in [0.3, 0.4) is 0 Å². The molecule has 7 nitrogen and oxygen atoms in total. The molecular formula is C18H21N5O2. The standard InChI is InChI=1S/C18H21N5O2/c1-4-13-8-9-15(23(24)25)11-17(13)22-18(19-3)21-16(5-2)14-7-6-10-20-12-14/h5-12H,4H2,1-3H3,(H2,19,21,22)/b16-5-. The average Bonchev–Trinajstić information content (AvgIpc) is 2.65. The number of nitrogens with zero attached hydrogens (tertiary/aromatic N) is 3. The highest BCUT2D eigenvalue weighted by atomic mass is 16.6. The summed E-state index contributed by atoms with van der Waals surface area (Å²) in [5.74, 6) is 0.493. The number of aryl methyl sites for hydroxylation is 1. The van der Waals surface area contributed by atoms with Gasteiger partial charge in [0.05, 0.1) is 10.6 Å². The van der Waals surface area contributed by atoms with Crippen molar-refractivity contribution in [3.05, 3.63) is 70.0 Å². The number of aromatic nitrogens is 1. The molecular weight excluding hydrogens is 318 g/mol. The fraction of sp³-hybridized carbons (Fsp3) is 0.222. The molecule has 0 bridgehead atoms. The zero-order valence-electron chi connectivity index (χ0n) is 14.5. The molecule has 1 heterocycles. The molecule has 0 aliphatic carbocycles. The number of guanidine groups is 1. The van der Waals surface area contributed by atoms with Gasteiger partial charge in [0.1, 0.15) is 0 Å². The number of non-ortho nitro benzene ring substituents is 1. The normalized spacial score (nSPS) is 12.0. The highest BCUT2D eigenvalue weighted by Crippen LogP contribution is 2.23. The van der Waals surface area contributed by atoms with Gasteiger partial charge in [0, 0.05) is 42.8 Å². The van der Waals surface area contributed by atoms with E-state index < -0.39 is 4.92 Å². The Labute approximate surface area is 146 Å². The van der Waals surface area contributed by atoms with E-state index in [1.165, 1.54) is 12.1 Å². The van der Waals surface area contributed by atoms with Crippen LogP contribution >= 0.6 is 0 Å². The van der Waals surface area contributed by atoms with Crippen molar-refractivity contribution in [2.75, 3.05) is 12.4 Å². The van der Waals surface area contributed by atoms with Gasteiger partial charge in [0.2, 0.25) is 0 Å². The second-order valence-electron chi connectivity index (χ2n) is 5.22. The third kappa shape index (κ3) is 4.63. The summed E-state index contributed by atoms with van der Waals surface area (Å²) in [5.41, 5.74) is 3.42. The Bertz CT molecular complexity index is 800. The van der Waals surface area contributed by atoms with Crippen LogP contribution in [0.4, 0.5) is 11.4 Å². The number of allylic oxidation sites excluding steroid dienone is 1. The van der Waals surface area contributed by atoms with E-state index >= 15 is 0 Å². The van der Waals surface area contributed by atoms with Crippen molar-refractivity contribution in [3.8, 4) is 0 Å². The lowest BCUT2D eigenvalue weighted by Gasteiger charge is -2.16. The van der Waals surface area contributed by atoms with E-state index in [9.17, 15) is 10.1 Å². The van der Waals surface area contributed by atoms with Crippen molar-refractivity contribution in [1.82, 2.24) is 10.3 Å². The van der Waals surface area contributed by atoms with E-state index in [1.807, 2.05) is 32.1 Å². The minimum atomic E-state index is -0.409. The number of aliphatic imine (C=N–C) groups is 1. The topological polar surface area (TPSA) is 92.5 Å². The Kier molecular flexibility index (Phi) is 6.22. The number of nitrogens with one attached hydrogen (secondary N) is 2. The minimum absolute atomic E-state index is 0.0358. The van der Waals surface area contributed by atoms with E-state index in [0.717, 1.165) is 23.2 Å². The number of nitro benzene ring substituents is 1. The number of pyridine rings is 1. The van der Waals surface area contributed by atoms with Crippen molar-refractivity contribution in [2.45, 2.75) is 20.3 Å².